The van der Waals surface area contributed by atoms with Crippen LogP contribution in [0.1, 0.15) is 0 Å². The van der Waals surface area contributed by atoms with E-state index < -0.39 is 0 Å². The maximum atomic E-state index is 3.67. The molecule has 0 aliphatic heterocycles. The van der Waals surface area contributed by atoms with Crippen molar-refractivity contribution in [2.75, 3.05) is 0 Å². The van der Waals surface area contributed by atoms with Crippen LogP contribution in [-0.2, 0) is 0 Å². The molecule has 1 aromatic heterocycles. The standard InChI is InChI=1S/C4H4N2.Ar/c1-2-5-4-6-3-1;/h1-4H;. The fourth-order valence-corrected chi connectivity index (χ4v) is 0.253. The molecule has 0 spiro atoms. The van der Waals surface area contributed by atoms with Crippen LogP contribution in [0.15, 0.2) is 24.8 Å². The van der Waals surface area contributed by atoms with Crippen LogP contribution in [-0.4, -0.2) is 9.97 Å². The number of rotatable bonds is 0. The zero-order chi connectivity index (χ0) is 4.24. The molecule has 0 aliphatic carbocycles. The first-order valence-electron chi connectivity index (χ1n) is 1.70. The van der Waals surface area contributed by atoms with Gasteiger partial charge in [0.1, 0.15) is 6.33 Å². The second kappa shape index (κ2) is 4.50. The monoisotopic (exact) mass is 120 g/mol. The van der Waals surface area contributed by atoms with Crippen LogP contribution < -0.4 is 0 Å². The molecule has 0 bridgehead atoms. The quantitative estimate of drug-likeness (QED) is 0.497. The van der Waals surface area contributed by atoms with E-state index in [1.54, 1.807) is 18.5 Å². The van der Waals surface area contributed by atoms with E-state index in [0.717, 1.165) is 0 Å². The Kier molecular flexibility index (Phi) is 4.72. The van der Waals surface area contributed by atoms with E-state index in [1.165, 1.54) is 6.33 Å². The first-order chi connectivity index (χ1) is 3.00. The molecule has 0 saturated carbocycles. The molecule has 0 atom stereocenters. The Balaban J connectivity index is 0.000000360. The summed E-state index contributed by atoms with van der Waals surface area (Å²) in [7, 11) is 0. The molecule has 1 rings (SSSR count). The average molecular weight is 120 g/mol. The van der Waals surface area contributed by atoms with Crippen LogP contribution in [0.3, 0.4) is 0 Å². The normalized spacial score (nSPS) is 6.86. The van der Waals surface area contributed by atoms with Crippen molar-refractivity contribution in [2.45, 2.75) is 0 Å². The molecule has 0 unspecified atom stereocenters. The molecule has 3 heteroatoms. The van der Waals surface area contributed by atoms with Gasteiger partial charge >= 0.3 is 0 Å². The summed E-state index contributed by atoms with van der Waals surface area (Å²) in [5.41, 5.74) is 0. The van der Waals surface area contributed by atoms with Crippen molar-refractivity contribution < 1.29 is 37.7 Å². The number of hydrogen-bond acceptors (Lipinski definition) is 2. The largest absolute Gasteiger partial charge is 0.245 e. The molecule has 1 heterocycles. The number of nitrogens with zero attached hydrogens (tertiary/aromatic N) is 2. The Morgan fingerprint density at radius 2 is 1.57 bits per heavy atom. The summed E-state index contributed by atoms with van der Waals surface area (Å²) in [6.45, 7) is 0. The Bertz CT molecular complexity index is 81.6. The first-order valence-corrected chi connectivity index (χ1v) is 1.70. The summed E-state index contributed by atoms with van der Waals surface area (Å²) in [5.74, 6) is 0. The third-order valence-electron chi connectivity index (χ3n) is 0.478. The van der Waals surface area contributed by atoms with Crippen molar-refractivity contribution in [2.24, 2.45) is 0 Å². The molecule has 0 N–H and O–H groups in total. The molecule has 0 aliphatic rings. The molecule has 0 fully saturated rings. The topological polar surface area (TPSA) is 25.8 Å². The van der Waals surface area contributed by atoms with Gasteiger partial charge in [0.25, 0.3) is 0 Å². The smallest absolute Gasteiger partial charge is 0.115 e. The van der Waals surface area contributed by atoms with Crippen molar-refractivity contribution >= 4 is 0 Å². The Morgan fingerprint density at radius 3 is 1.71 bits per heavy atom. The van der Waals surface area contributed by atoms with Gasteiger partial charge in [-0.2, -0.15) is 0 Å². The fourth-order valence-electron chi connectivity index (χ4n) is 0.253. The fraction of sp³-hybridized carbons (Fsp3) is 0. The summed E-state index contributed by atoms with van der Waals surface area (Å²) in [6, 6.07) is 1.78. The van der Waals surface area contributed by atoms with Crippen molar-refractivity contribution in [1.29, 1.82) is 0 Å². The number of hydrogen-bond donors (Lipinski definition) is 0. The third kappa shape index (κ3) is 2.97. The number of aromatic nitrogens is 2. The van der Waals surface area contributed by atoms with Crippen LogP contribution >= 0.6 is 0 Å². The minimum atomic E-state index is 0. The van der Waals surface area contributed by atoms with E-state index >= 15 is 0 Å². The maximum Gasteiger partial charge on any atom is 0.115 e. The van der Waals surface area contributed by atoms with Crippen molar-refractivity contribution in [3.8, 4) is 0 Å². The summed E-state index contributed by atoms with van der Waals surface area (Å²) in [4.78, 5) is 7.35. The van der Waals surface area contributed by atoms with Gasteiger partial charge in [-0.15, -0.1) is 0 Å². The van der Waals surface area contributed by atoms with Crippen LogP contribution in [0, 0.1) is 37.7 Å². The predicted octanol–water partition coefficient (Wildman–Crippen LogP) is 0.477. The van der Waals surface area contributed by atoms with Crippen LogP contribution in [0.25, 0.3) is 0 Å². The predicted molar refractivity (Wildman–Crippen MR) is 22.0 cm³/mol. The second-order valence-corrected chi connectivity index (χ2v) is 0.904. The summed E-state index contributed by atoms with van der Waals surface area (Å²) < 4.78 is 0. The minimum absolute atomic E-state index is 0. The van der Waals surface area contributed by atoms with Gasteiger partial charge in [0.05, 0.1) is 0 Å². The van der Waals surface area contributed by atoms with Crippen LogP contribution in [0.5, 0.6) is 0 Å². The van der Waals surface area contributed by atoms with Crippen molar-refractivity contribution in [1.82, 2.24) is 9.97 Å². The van der Waals surface area contributed by atoms with E-state index in [0.29, 0.717) is 0 Å². The third-order valence-corrected chi connectivity index (χ3v) is 0.478. The van der Waals surface area contributed by atoms with E-state index in [2.05, 4.69) is 9.97 Å². The van der Waals surface area contributed by atoms with Crippen LogP contribution in [0.4, 0.5) is 0 Å². The molecular weight excluding hydrogens is 116 g/mol. The molecular formula is C4H4ArN2. The zero-order valence-electron chi connectivity index (χ0n) is 3.56. The van der Waals surface area contributed by atoms with E-state index in [9.17, 15) is 0 Å². The first kappa shape index (κ1) is 7.34. The van der Waals surface area contributed by atoms with E-state index in [4.69, 9.17) is 0 Å². The van der Waals surface area contributed by atoms with Gasteiger partial charge in [-0.3, -0.25) is 0 Å². The van der Waals surface area contributed by atoms with Gasteiger partial charge < -0.3 is 0 Å². The Labute approximate surface area is 72.0 Å². The molecule has 1 aromatic rings. The van der Waals surface area contributed by atoms with Gasteiger partial charge in [-0.05, 0) is 6.07 Å². The maximum absolute atomic E-state index is 3.67. The molecule has 2 nitrogen and oxygen atoms in total. The summed E-state index contributed by atoms with van der Waals surface area (Å²) in [6.07, 6.45) is 4.88. The second-order valence-electron chi connectivity index (χ2n) is 0.904. The van der Waals surface area contributed by atoms with E-state index in [1.807, 2.05) is 0 Å². The summed E-state index contributed by atoms with van der Waals surface area (Å²) in [5, 5.41) is 0. The van der Waals surface area contributed by atoms with Gasteiger partial charge in [-0.25, -0.2) is 9.97 Å². The molecule has 7 heavy (non-hydrogen) atoms. The van der Waals surface area contributed by atoms with Gasteiger partial charge in [-0.1, -0.05) is 0 Å². The van der Waals surface area contributed by atoms with Crippen molar-refractivity contribution in [3.05, 3.63) is 24.8 Å². The average Bonchev–Trinajstić information content (AvgIpc) is 1.72. The van der Waals surface area contributed by atoms with Crippen molar-refractivity contribution in [3.63, 3.8) is 0 Å². The SMILES string of the molecule is [Ar].c1cncnc1. The zero-order valence-corrected chi connectivity index (χ0v) is 4.26. The van der Waals surface area contributed by atoms with Gasteiger partial charge in [0.2, 0.25) is 0 Å². The minimum Gasteiger partial charge on any atom is -0.245 e. The van der Waals surface area contributed by atoms with Crippen LogP contribution in [0.2, 0.25) is 0 Å². The van der Waals surface area contributed by atoms with Gasteiger partial charge in [0.15, 0.2) is 0 Å². The van der Waals surface area contributed by atoms with Gasteiger partial charge in [0, 0.05) is 50.1 Å². The molecule has 0 aromatic carbocycles. The molecule has 0 radical (unpaired) electrons. The molecule has 0 saturated heterocycles. The Morgan fingerprint density at radius 1 is 1.00 bits per heavy atom. The summed E-state index contributed by atoms with van der Waals surface area (Å²) >= 11 is 0. The molecule has 38 valence electrons. The van der Waals surface area contributed by atoms with E-state index in [-0.39, 0.29) is 37.7 Å². The molecule has 0 amide bonds. The Hall–Kier alpha value is 0.340.